The number of aromatic nitrogens is 3. The van der Waals surface area contributed by atoms with E-state index in [9.17, 15) is 4.79 Å². The van der Waals surface area contributed by atoms with E-state index in [1.807, 2.05) is 42.5 Å². The van der Waals surface area contributed by atoms with Gasteiger partial charge in [-0.25, -0.2) is 9.97 Å². The minimum Gasteiger partial charge on any atom is -0.338 e. The average Bonchev–Trinajstić information content (AvgIpc) is 2.68. The van der Waals surface area contributed by atoms with Crippen LogP contribution in [0.5, 0.6) is 0 Å². The van der Waals surface area contributed by atoms with Gasteiger partial charge in [0.15, 0.2) is 0 Å². The molecule has 27 heavy (non-hydrogen) atoms. The second-order valence-electron chi connectivity index (χ2n) is 8.06. The van der Waals surface area contributed by atoms with Crippen LogP contribution < -0.4 is 0 Å². The van der Waals surface area contributed by atoms with Crippen molar-refractivity contribution in [3.05, 3.63) is 53.9 Å². The molecule has 142 valence electrons. The highest BCUT2D eigenvalue weighted by atomic mass is 16.2. The summed E-state index contributed by atoms with van der Waals surface area (Å²) in [5, 5.41) is 0. The molecule has 2 aromatic rings. The Morgan fingerprint density at radius 2 is 1.93 bits per heavy atom. The lowest BCUT2D eigenvalue weighted by Crippen LogP contribution is -2.53. The van der Waals surface area contributed by atoms with Crippen LogP contribution >= 0.6 is 0 Å². The minimum absolute atomic E-state index is 0.208. The number of hydrogen-bond donors (Lipinski definition) is 0. The Bertz CT molecular complexity index is 779. The van der Waals surface area contributed by atoms with Crippen LogP contribution in [0.3, 0.4) is 0 Å². The van der Waals surface area contributed by atoms with Crippen molar-refractivity contribution in [3.63, 3.8) is 0 Å². The predicted octanol–water partition coefficient (Wildman–Crippen LogP) is 2.58. The maximum Gasteiger partial charge on any atom is 0.222 e. The first-order valence-electron chi connectivity index (χ1n) is 9.79. The van der Waals surface area contributed by atoms with Crippen LogP contribution in [0.4, 0.5) is 0 Å². The third-order valence-electron chi connectivity index (χ3n) is 5.83. The van der Waals surface area contributed by atoms with Gasteiger partial charge in [-0.3, -0.25) is 14.7 Å². The standard InChI is InChI=1S/C21H27N5O/c1-17-23-11-19(12-24-17)13-25-9-3-6-21(15-25)7-5-20(27)26(16-21)14-18-4-2-8-22-10-18/h2,4,8,10-12H,3,5-7,9,13-16H2,1H3/t21-/m1/s1. The smallest absolute Gasteiger partial charge is 0.222 e. The fourth-order valence-electron chi connectivity index (χ4n) is 4.50. The summed E-state index contributed by atoms with van der Waals surface area (Å²) in [6.07, 6.45) is 11.5. The highest BCUT2D eigenvalue weighted by molar-refractivity contribution is 5.77. The Hall–Kier alpha value is -2.34. The normalized spacial score (nSPS) is 23.7. The Morgan fingerprint density at radius 1 is 1.07 bits per heavy atom. The number of aryl methyl sites for hydroxylation is 1. The Kier molecular flexibility index (Phi) is 5.16. The molecule has 1 amide bonds. The van der Waals surface area contributed by atoms with Crippen molar-refractivity contribution in [2.24, 2.45) is 5.41 Å². The largest absolute Gasteiger partial charge is 0.338 e. The maximum atomic E-state index is 12.5. The molecule has 0 saturated carbocycles. The monoisotopic (exact) mass is 365 g/mol. The van der Waals surface area contributed by atoms with Crippen molar-refractivity contribution in [2.45, 2.75) is 45.7 Å². The van der Waals surface area contributed by atoms with Crippen LogP contribution in [0.25, 0.3) is 0 Å². The summed E-state index contributed by atoms with van der Waals surface area (Å²) < 4.78 is 0. The van der Waals surface area contributed by atoms with Gasteiger partial charge in [0.1, 0.15) is 5.82 Å². The van der Waals surface area contributed by atoms with Gasteiger partial charge >= 0.3 is 0 Å². The van der Waals surface area contributed by atoms with E-state index in [0.717, 1.165) is 49.6 Å². The summed E-state index contributed by atoms with van der Waals surface area (Å²) in [7, 11) is 0. The first-order chi connectivity index (χ1) is 13.1. The first kappa shape index (κ1) is 18.0. The van der Waals surface area contributed by atoms with E-state index < -0.39 is 0 Å². The average molecular weight is 365 g/mol. The number of carbonyl (C=O) groups is 1. The van der Waals surface area contributed by atoms with Gasteiger partial charge in [-0.05, 0) is 44.4 Å². The van der Waals surface area contributed by atoms with Gasteiger partial charge in [-0.15, -0.1) is 0 Å². The summed E-state index contributed by atoms with van der Waals surface area (Å²) in [5.41, 5.74) is 2.48. The number of piperidine rings is 2. The molecule has 4 heterocycles. The van der Waals surface area contributed by atoms with Crippen LogP contribution in [0.1, 0.15) is 42.6 Å². The van der Waals surface area contributed by atoms with Crippen molar-refractivity contribution < 1.29 is 4.79 Å². The fourth-order valence-corrected chi connectivity index (χ4v) is 4.50. The Morgan fingerprint density at radius 3 is 2.70 bits per heavy atom. The van der Waals surface area contributed by atoms with Gasteiger partial charge in [-0.2, -0.15) is 0 Å². The molecule has 6 nitrogen and oxygen atoms in total. The van der Waals surface area contributed by atoms with Gasteiger partial charge in [0.25, 0.3) is 0 Å². The molecule has 0 aromatic carbocycles. The summed E-state index contributed by atoms with van der Waals surface area (Å²) in [5.74, 6) is 1.08. The third kappa shape index (κ3) is 4.33. The van der Waals surface area contributed by atoms with Crippen LogP contribution in [-0.2, 0) is 17.9 Å². The quantitative estimate of drug-likeness (QED) is 0.833. The second-order valence-corrected chi connectivity index (χ2v) is 8.06. The van der Waals surface area contributed by atoms with E-state index in [-0.39, 0.29) is 11.3 Å². The number of pyridine rings is 1. The molecule has 0 unspecified atom stereocenters. The molecule has 0 N–H and O–H groups in total. The molecule has 6 heteroatoms. The predicted molar refractivity (Wildman–Crippen MR) is 103 cm³/mol. The zero-order valence-electron chi connectivity index (χ0n) is 16.0. The zero-order chi connectivity index (χ0) is 18.7. The molecule has 2 aromatic heterocycles. The van der Waals surface area contributed by atoms with E-state index in [1.165, 1.54) is 12.8 Å². The molecule has 0 bridgehead atoms. The van der Waals surface area contributed by atoms with Crippen molar-refractivity contribution in [1.29, 1.82) is 0 Å². The van der Waals surface area contributed by atoms with E-state index >= 15 is 0 Å². The highest BCUT2D eigenvalue weighted by Gasteiger charge is 2.41. The molecule has 0 aliphatic carbocycles. The van der Waals surface area contributed by atoms with E-state index in [1.54, 1.807) is 6.20 Å². The summed E-state index contributed by atoms with van der Waals surface area (Å²) in [6.45, 7) is 6.46. The van der Waals surface area contributed by atoms with Crippen molar-refractivity contribution in [2.75, 3.05) is 19.6 Å². The lowest BCUT2D eigenvalue weighted by atomic mass is 9.73. The molecule has 2 fully saturated rings. The summed E-state index contributed by atoms with van der Waals surface area (Å²) >= 11 is 0. The van der Waals surface area contributed by atoms with Gasteiger partial charge in [0, 0.05) is 68.4 Å². The Labute approximate surface area is 160 Å². The lowest BCUT2D eigenvalue weighted by Gasteiger charge is -2.48. The SMILES string of the molecule is Cc1ncc(CN2CCC[C@@]3(CCC(=O)N(Cc4cccnc4)C3)C2)cn1. The number of nitrogens with zero attached hydrogens (tertiary/aromatic N) is 5. The first-order valence-corrected chi connectivity index (χ1v) is 9.79. The number of rotatable bonds is 4. The number of likely N-dealkylation sites (tertiary alicyclic amines) is 2. The van der Waals surface area contributed by atoms with Gasteiger partial charge in [0.05, 0.1) is 0 Å². The molecule has 2 aliphatic heterocycles. The van der Waals surface area contributed by atoms with Crippen molar-refractivity contribution in [3.8, 4) is 0 Å². The summed E-state index contributed by atoms with van der Waals surface area (Å²) in [4.78, 5) is 29.9. The molecule has 2 aliphatic rings. The maximum absolute atomic E-state index is 12.5. The fraction of sp³-hybridized carbons (Fsp3) is 0.524. The number of hydrogen-bond acceptors (Lipinski definition) is 5. The van der Waals surface area contributed by atoms with Crippen molar-refractivity contribution >= 4 is 5.91 Å². The zero-order valence-corrected chi connectivity index (χ0v) is 16.0. The van der Waals surface area contributed by atoms with Crippen LogP contribution in [-0.4, -0.2) is 50.3 Å². The van der Waals surface area contributed by atoms with Gasteiger partial charge < -0.3 is 4.90 Å². The van der Waals surface area contributed by atoms with Crippen LogP contribution in [0, 0.1) is 12.3 Å². The van der Waals surface area contributed by atoms with E-state index in [2.05, 4.69) is 19.9 Å². The third-order valence-corrected chi connectivity index (χ3v) is 5.83. The van der Waals surface area contributed by atoms with Gasteiger partial charge in [-0.1, -0.05) is 6.07 Å². The topological polar surface area (TPSA) is 62.2 Å². The van der Waals surface area contributed by atoms with Crippen LogP contribution in [0.2, 0.25) is 0 Å². The molecule has 2 saturated heterocycles. The molecule has 1 spiro atoms. The number of amides is 1. The second kappa shape index (κ2) is 7.72. The Balaban J connectivity index is 1.43. The molecule has 4 rings (SSSR count). The van der Waals surface area contributed by atoms with Crippen molar-refractivity contribution in [1.82, 2.24) is 24.8 Å². The molecular weight excluding hydrogens is 338 g/mol. The molecular formula is C21H27N5O. The lowest BCUT2D eigenvalue weighted by molar-refractivity contribution is -0.140. The highest BCUT2D eigenvalue weighted by Crippen LogP contribution is 2.39. The van der Waals surface area contributed by atoms with E-state index in [4.69, 9.17) is 0 Å². The van der Waals surface area contributed by atoms with Crippen LogP contribution in [0.15, 0.2) is 36.9 Å². The van der Waals surface area contributed by atoms with E-state index in [0.29, 0.717) is 13.0 Å². The molecule has 0 radical (unpaired) electrons. The summed E-state index contributed by atoms with van der Waals surface area (Å²) in [6, 6.07) is 3.98. The minimum atomic E-state index is 0.208. The van der Waals surface area contributed by atoms with Gasteiger partial charge in [0.2, 0.25) is 5.91 Å². The molecule has 1 atom stereocenters. The number of carbonyl (C=O) groups excluding carboxylic acids is 1.